The van der Waals surface area contributed by atoms with E-state index >= 15 is 0 Å². The quantitative estimate of drug-likeness (QED) is 0.747. The molecule has 16 heavy (non-hydrogen) atoms. The lowest BCUT2D eigenvalue weighted by Gasteiger charge is -2.29. The van der Waals surface area contributed by atoms with Gasteiger partial charge in [-0.2, -0.15) is 0 Å². The Morgan fingerprint density at radius 3 is 2.56 bits per heavy atom. The summed E-state index contributed by atoms with van der Waals surface area (Å²) in [6.07, 6.45) is 1.13. The average Bonchev–Trinajstić information content (AvgIpc) is 2.58. The first kappa shape index (κ1) is 12.1. The minimum Gasteiger partial charge on any atom is -0.295 e. The van der Waals surface area contributed by atoms with Crippen LogP contribution in [0.2, 0.25) is 0 Å². The van der Waals surface area contributed by atoms with Crippen molar-refractivity contribution in [3.05, 3.63) is 15.6 Å². The van der Waals surface area contributed by atoms with E-state index in [2.05, 4.69) is 39.5 Å². The zero-order valence-corrected chi connectivity index (χ0v) is 11.8. The van der Waals surface area contributed by atoms with Gasteiger partial charge in [0, 0.05) is 35.8 Å². The molecule has 2 nitrogen and oxygen atoms in total. The number of rotatable bonds is 1. The first-order chi connectivity index (χ1) is 7.38. The summed E-state index contributed by atoms with van der Waals surface area (Å²) in [4.78, 5) is 8.83. The van der Waals surface area contributed by atoms with Crippen LogP contribution in [0, 0.1) is 0 Å². The molecule has 90 valence electrons. The third-order valence-corrected chi connectivity index (χ3v) is 4.64. The molecule has 0 saturated carbocycles. The van der Waals surface area contributed by atoms with Gasteiger partial charge < -0.3 is 0 Å². The molecule has 0 saturated heterocycles. The first-order valence-electron chi connectivity index (χ1n) is 6.11. The molecule has 0 radical (unpaired) electrons. The molecule has 0 N–H and O–H groups in total. The summed E-state index contributed by atoms with van der Waals surface area (Å²) in [5.74, 6) is 0. The van der Waals surface area contributed by atoms with Gasteiger partial charge in [-0.15, -0.1) is 11.3 Å². The van der Waals surface area contributed by atoms with Crippen LogP contribution >= 0.6 is 11.3 Å². The Labute approximate surface area is 103 Å². The van der Waals surface area contributed by atoms with Gasteiger partial charge in [0.1, 0.15) is 0 Å². The monoisotopic (exact) mass is 238 g/mol. The van der Waals surface area contributed by atoms with Crippen molar-refractivity contribution in [3.63, 3.8) is 0 Å². The maximum absolute atomic E-state index is 4.81. The SMILES string of the molecule is CC(C)N1CCc2nc(C(C)(C)C)sc2C1. The van der Waals surface area contributed by atoms with E-state index in [1.165, 1.54) is 15.6 Å². The van der Waals surface area contributed by atoms with E-state index in [-0.39, 0.29) is 5.41 Å². The summed E-state index contributed by atoms with van der Waals surface area (Å²) in [5.41, 5.74) is 1.55. The smallest absolute Gasteiger partial charge is 0.0985 e. The Morgan fingerprint density at radius 2 is 2.00 bits per heavy atom. The fraction of sp³-hybridized carbons (Fsp3) is 0.769. The summed E-state index contributed by atoms with van der Waals surface area (Å²) in [5, 5.41) is 1.29. The lowest BCUT2D eigenvalue weighted by atomic mass is 9.98. The largest absolute Gasteiger partial charge is 0.295 e. The molecule has 3 heteroatoms. The number of nitrogens with zero attached hydrogens (tertiary/aromatic N) is 2. The van der Waals surface area contributed by atoms with Gasteiger partial charge in [0.05, 0.1) is 10.7 Å². The second-order valence-corrected chi connectivity index (χ2v) is 7.04. The minimum atomic E-state index is 0.199. The van der Waals surface area contributed by atoms with Crippen LogP contribution in [0.5, 0.6) is 0 Å². The van der Waals surface area contributed by atoms with Crippen LogP contribution in [-0.4, -0.2) is 22.5 Å². The third kappa shape index (κ3) is 2.30. The highest BCUT2D eigenvalue weighted by Crippen LogP contribution is 2.32. The van der Waals surface area contributed by atoms with Crippen LogP contribution < -0.4 is 0 Å². The number of thiazole rings is 1. The highest BCUT2D eigenvalue weighted by molar-refractivity contribution is 7.11. The summed E-state index contributed by atoms with van der Waals surface area (Å²) >= 11 is 1.91. The molecular weight excluding hydrogens is 216 g/mol. The maximum Gasteiger partial charge on any atom is 0.0985 e. The summed E-state index contributed by atoms with van der Waals surface area (Å²) in [6.45, 7) is 13.6. The van der Waals surface area contributed by atoms with Gasteiger partial charge in [-0.25, -0.2) is 4.98 Å². The van der Waals surface area contributed by atoms with Crippen molar-refractivity contribution in [1.82, 2.24) is 9.88 Å². The van der Waals surface area contributed by atoms with E-state index < -0.39 is 0 Å². The van der Waals surface area contributed by atoms with Crippen molar-refractivity contribution < 1.29 is 0 Å². The van der Waals surface area contributed by atoms with Gasteiger partial charge in [-0.05, 0) is 13.8 Å². The summed E-state index contributed by atoms with van der Waals surface area (Å²) < 4.78 is 0. The van der Waals surface area contributed by atoms with Crippen LogP contribution in [0.4, 0.5) is 0 Å². The van der Waals surface area contributed by atoms with Crippen molar-refractivity contribution in [2.45, 2.75) is 59.0 Å². The Balaban J connectivity index is 2.23. The lowest BCUT2D eigenvalue weighted by molar-refractivity contribution is 0.205. The molecule has 1 aromatic heterocycles. The summed E-state index contributed by atoms with van der Waals surface area (Å²) in [6, 6.07) is 0.647. The number of hydrogen-bond donors (Lipinski definition) is 0. The molecule has 0 bridgehead atoms. The van der Waals surface area contributed by atoms with Crippen LogP contribution in [0.25, 0.3) is 0 Å². The van der Waals surface area contributed by atoms with Crippen LogP contribution in [0.15, 0.2) is 0 Å². The van der Waals surface area contributed by atoms with E-state index in [1.807, 2.05) is 11.3 Å². The molecule has 0 spiro atoms. The highest BCUT2D eigenvalue weighted by Gasteiger charge is 2.26. The van der Waals surface area contributed by atoms with Crippen molar-refractivity contribution in [3.8, 4) is 0 Å². The van der Waals surface area contributed by atoms with Crippen molar-refractivity contribution in [2.24, 2.45) is 0 Å². The molecule has 0 aromatic carbocycles. The first-order valence-corrected chi connectivity index (χ1v) is 6.92. The van der Waals surface area contributed by atoms with Crippen molar-refractivity contribution in [1.29, 1.82) is 0 Å². The minimum absolute atomic E-state index is 0.199. The molecule has 1 aromatic rings. The van der Waals surface area contributed by atoms with Crippen LogP contribution in [-0.2, 0) is 18.4 Å². The van der Waals surface area contributed by atoms with E-state index in [0.29, 0.717) is 6.04 Å². The molecule has 2 heterocycles. The van der Waals surface area contributed by atoms with Gasteiger partial charge in [-0.3, -0.25) is 4.90 Å². The molecule has 0 fully saturated rings. The molecule has 1 aliphatic rings. The Bertz CT molecular complexity index is 374. The molecule has 0 aliphatic carbocycles. The van der Waals surface area contributed by atoms with Gasteiger partial charge in [0.2, 0.25) is 0 Å². The second-order valence-electron chi connectivity index (χ2n) is 5.95. The maximum atomic E-state index is 4.81. The lowest BCUT2D eigenvalue weighted by Crippen LogP contribution is -2.35. The zero-order chi connectivity index (χ0) is 11.9. The summed E-state index contributed by atoms with van der Waals surface area (Å²) in [7, 11) is 0. The Hall–Kier alpha value is -0.410. The zero-order valence-electron chi connectivity index (χ0n) is 11.0. The number of fused-ring (bicyclic) bond motifs is 1. The number of hydrogen-bond acceptors (Lipinski definition) is 3. The van der Waals surface area contributed by atoms with E-state index in [0.717, 1.165) is 19.5 Å². The predicted octanol–water partition coefficient (Wildman–Crippen LogP) is 3.21. The molecule has 2 rings (SSSR count). The van der Waals surface area contributed by atoms with E-state index in [4.69, 9.17) is 4.98 Å². The molecule has 0 amide bonds. The van der Waals surface area contributed by atoms with Crippen LogP contribution in [0.3, 0.4) is 0 Å². The Morgan fingerprint density at radius 1 is 1.31 bits per heavy atom. The fourth-order valence-electron chi connectivity index (χ4n) is 1.98. The average molecular weight is 238 g/mol. The molecule has 0 unspecified atom stereocenters. The second kappa shape index (κ2) is 4.11. The number of aromatic nitrogens is 1. The predicted molar refractivity (Wildman–Crippen MR) is 70.1 cm³/mol. The van der Waals surface area contributed by atoms with Gasteiger partial charge in [-0.1, -0.05) is 20.8 Å². The van der Waals surface area contributed by atoms with Gasteiger partial charge in [0.25, 0.3) is 0 Å². The molecule has 1 aliphatic heterocycles. The van der Waals surface area contributed by atoms with Crippen molar-refractivity contribution in [2.75, 3.05) is 6.54 Å². The third-order valence-electron chi connectivity index (χ3n) is 3.13. The Kier molecular flexibility index (Phi) is 3.10. The van der Waals surface area contributed by atoms with Crippen molar-refractivity contribution >= 4 is 11.3 Å². The fourth-order valence-corrected chi connectivity index (χ4v) is 3.17. The van der Waals surface area contributed by atoms with Crippen LogP contribution in [0.1, 0.15) is 50.2 Å². The highest BCUT2D eigenvalue weighted by atomic mass is 32.1. The standard InChI is InChI=1S/C13H22N2S/c1-9(2)15-7-6-10-11(8-15)16-12(14-10)13(3,4)5/h9H,6-8H2,1-5H3. The molecule has 0 atom stereocenters. The topological polar surface area (TPSA) is 16.1 Å². The van der Waals surface area contributed by atoms with E-state index in [1.54, 1.807) is 0 Å². The van der Waals surface area contributed by atoms with Gasteiger partial charge >= 0.3 is 0 Å². The normalized spacial score (nSPS) is 17.9. The van der Waals surface area contributed by atoms with Gasteiger partial charge in [0.15, 0.2) is 0 Å². The molecular formula is C13H22N2S. The van der Waals surface area contributed by atoms with E-state index in [9.17, 15) is 0 Å².